The predicted octanol–water partition coefficient (Wildman–Crippen LogP) is 4.30. The molecule has 0 bridgehead atoms. The molecule has 2 atom stereocenters. The molecule has 1 aromatic heterocycles. The summed E-state index contributed by atoms with van der Waals surface area (Å²) in [6.45, 7) is 3.57. The summed E-state index contributed by atoms with van der Waals surface area (Å²) in [6.07, 6.45) is 1.63. The van der Waals surface area contributed by atoms with Crippen molar-refractivity contribution in [1.82, 2.24) is 10.3 Å². The molecule has 6 heteroatoms. The Balaban J connectivity index is 1.39. The molecule has 0 saturated carbocycles. The zero-order valence-electron chi connectivity index (χ0n) is 16.8. The van der Waals surface area contributed by atoms with Crippen LogP contribution in [0.25, 0.3) is 10.2 Å². The molecule has 1 amide bonds. The number of ether oxygens (including phenoxy) is 1. The summed E-state index contributed by atoms with van der Waals surface area (Å²) in [5.74, 6) is -0.650. The highest BCUT2D eigenvalue weighted by molar-refractivity contribution is 7.18. The minimum atomic E-state index is -0.808. The molecule has 0 aliphatic heterocycles. The molecule has 0 unspecified atom stereocenters. The SMILES string of the molecule is C[C@H](CCc1ccccc1)NC(=O)[C@H](C)OC(=O)CCc1nc2ccccc2s1. The van der Waals surface area contributed by atoms with Crippen molar-refractivity contribution in [2.24, 2.45) is 0 Å². The fourth-order valence-corrected chi connectivity index (χ4v) is 3.97. The van der Waals surface area contributed by atoms with Gasteiger partial charge in [-0.05, 0) is 44.4 Å². The van der Waals surface area contributed by atoms with E-state index in [-0.39, 0.29) is 24.3 Å². The number of nitrogens with zero attached hydrogens (tertiary/aromatic N) is 1. The number of aryl methyl sites for hydroxylation is 2. The summed E-state index contributed by atoms with van der Waals surface area (Å²) in [4.78, 5) is 28.9. The lowest BCUT2D eigenvalue weighted by molar-refractivity contribution is -0.155. The molecule has 0 aliphatic rings. The molecule has 3 aromatic rings. The smallest absolute Gasteiger partial charge is 0.306 e. The van der Waals surface area contributed by atoms with E-state index in [0.29, 0.717) is 6.42 Å². The van der Waals surface area contributed by atoms with Crippen LogP contribution in [0, 0.1) is 0 Å². The Morgan fingerprint density at radius 1 is 1.03 bits per heavy atom. The maximum absolute atomic E-state index is 12.3. The first-order chi connectivity index (χ1) is 14.0. The standard InChI is InChI=1S/C23H26N2O3S/c1-16(12-13-18-8-4-3-5-9-18)24-23(27)17(2)28-22(26)15-14-21-25-19-10-6-7-11-20(19)29-21/h3-11,16-17H,12-15H2,1-2H3,(H,24,27)/t16-,17+/m1/s1. The first-order valence-corrected chi connectivity index (χ1v) is 10.7. The van der Waals surface area contributed by atoms with Gasteiger partial charge in [-0.25, -0.2) is 4.98 Å². The van der Waals surface area contributed by atoms with E-state index in [4.69, 9.17) is 4.74 Å². The van der Waals surface area contributed by atoms with E-state index in [1.54, 1.807) is 18.3 Å². The first-order valence-electron chi connectivity index (χ1n) is 9.89. The van der Waals surface area contributed by atoms with Crippen LogP contribution in [0.2, 0.25) is 0 Å². The number of amides is 1. The molecule has 5 nitrogen and oxygen atoms in total. The quantitative estimate of drug-likeness (QED) is 0.534. The molecular weight excluding hydrogens is 384 g/mol. The Labute approximate surface area is 175 Å². The lowest BCUT2D eigenvalue weighted by Crippen LogP contribution is -2.41. The molecule has 0 fully saturated rings. The second kappa shape index (κ2) is 10.2. The van der Waals surface area contributed by atoms with Gasteiger partial charge in [0.2, 0.25) is 0 Å². The Morgan fingerprint density at radius 3 is 2.52 bits per heavy atom. The number of esters is 1. The van der Waals surface area contributed by atoms with Crippen molar-refractivity contribution < 1.29 is 14.3 Å². The van der Waals surface area contributed by atoms with Gasteiger partial charge in [0.1, 0.15) is 0 Å². The molecule has 0 aliphatic carbocycles. The van der Waals surface area contributed by atoms with Gasteiger partial charge in [-0.2, -0.15) is 0 Å². The van der Waals surface area contributed by atoms with Gasteiger partial charge in [0.05, 0.1) is 21.6 Å². The molecule has 0 spiro atoms. The van der Waals surface area contributed by atoms with Crippen molar-refractivity contribution in [3.63, 3.8) is 0 Å². The number of hydrogen-bond donors (Lipinski definition) is 1. The number of nitrogens with one attached hydrogen (secondary N) is 1. The maximum Gasteiger partial charge on any atom is 0.306 e. The van der Waals surface area contributed by atoms with Crippen molar-refractivity contribution in [2.75, 3.05) is 0 Å². The van der Waals surface area contributed by atoms with Gasteiger partial charge >= 0.3 is 5.97 Å². The van der Waals surface area contributed by atoms with E-state index in [1.807, 2.05) is 49.4 Å². The molecule has 1 heterocycles. The number of para-hydroxylation sites is 1. The third-order valence-corrected chi connectivity index (χ3v) is 5.75. The van der Waals surface area contributed by atoms with Crippen LogP contribution in [-0.4, -0.2) is 29.0 Å². The second-order valence-electron chi connectivity index (χ2n) is 7.14. The van der Waals surface area contributed by atoms with Crippen molar-refractivity contribution in [2.45, 2.75) is 51.7 Å². The van der Waals surface area contributed by atoms with Crippen LogP contribution in [-0.2, 0) is 27.2 Å². The Bertz CT molecular complexity index is 922. The summed E-state index contributed by atoms with van der Waals surface area (Å²) in [5, 5.41) is 3.82. The molecule has 0 radical (unpaired) electrons. The lowest BCUT2D eigenvalue weighted by atomic mass is 10.1. The van der Waals surface area contributed by atoms with Crippen LogP contribution < -0.4 is 5.32 Å². The first kappa shape index (κ1) is 21.0. The average Bonchev–Trinajstić information content (AvgIpc) is 3.14. The van der Waals surface area contributed by atoms with Gasteiger partial charge in [0, 0.05) is 12.5 Å². The van der Waals surface area contributed by atoms with Crippen LogP contribution in [0.3, 0.4) is 0 Å². The van der Waals surface area contributed by atoms with Gasteiger partial charge < -0.3 is 10.1 Å². The van der Waals surface area contributed by atoms with Gasteiger partial charge in [-0.15, -0.1) is 11.3 Å². The fraction of sp³-hybridized carbons (Fsp3) is 0.348. The summed E-state index contributed by atoms with van der Waals surface area (Å²) in [7, 11) is 0. The average molecular weight is 411 g/mol. The number of thiazole rings is 1. The summed E-state index contributed by atoms with van der Waals surface area (Å²) >= 11 is 1.58. The Kier molecular flexibility index (Phi) is 7.36. The van der Waals surface area contributed by atoms with Gasteiger partial charge in [-0.3, -0.25) is 9.59 Å². The third-order valence-electron chi connectivity index (χ3n) is 4.66. The number of aromatic nitrogens is 1. The maximum atomic E-state index is 12.3. The second-order valence-corrected chi connectivity index (χ2v) is 8.26. The van der Waals surface area contributed by atoms with Gasteiger partial charge in [0.15, 0.2) is 6.10 Å². The number of fused-ring (bicyclic) bond motifs is 1. The molecule has 3 rings (SSSR count). The highest BCUT2D eigenvalue weighted by Crippen LogP contribution is 2.22. The third kappa shape index (κ3) is 6.39. The Hall–Kier alpha value is -2.73. The highest BCUT2D eigenvalue weighted by Gasteiger charge is 2.19. The van der Waals surface area contributed by atoms with Crippen molar-refractivity contribution in [3.05, 3.63) is 65.2 Å². The van der Waals surface area contributed by atoms with Crippen molar-refractivity contribution in [1.29, 1.82) is 0 Å². The molecule has 0 saturated heterocycles. The van der Waals surface area contributed by atoms with Gasteiger partial charge in [0.25, 0.3) is 5.91 Å². The molecule has 29 heavy (non-hydrogen) atoms. The zero-order chi connectivity index (χ0) is 20.6. The molecule has 152 valence electrons. The van der Waals surface area contributed by atoms with Crippen LogP contribution in [0.15, 0.2) is 54.6 Å². The largest absolute Gasteiger partial charge is 0.453 e. The number of rotatable bonds is 9. The fourth-order valence-electron chi connectivity index (χ4n) is 3.01. The van der Waals surface area contributed by atoms with Crippen LogP contribution in [0.1, 0.15) is 37.3 Å². The van der Waals surface area contributed by atoms with Crippen molar-refractivity contribution in [3.8, 4) is 0 Å². The summed E-state index contributed by atoms with van der Waals surface area (Å²) in [6, 6.07) is 18.0. The predicted molar refractivity (Wildman–Crippen MR) is 116 cm³/mol. The van der Waals surface area contributed by atoms with E-state index in [2.05, 4.69) is 22.4 Å². The topological polar surface area (TPSA) is 68.3 Å². The van der Waals surface area contributed by atoms with Crippen LogP contribution >= 0.6 is 11.3 Å². The van der Waals surface area contributed by atoms with Gasteiger partial charge in [-0.1, -0.05) is 42.5 Å². The normalized spacial score (nSPS) is 13.0. The number of carbonyl (C=O) groups is 2. The van der Waals surface area contributed by atoms with Crippen LogP contribution in [0.5, 0.6) is 0 Å². The minimum absolute atomic E-state index is 0.00612. The minimum Gasteiger partial charge on any atom is -0.453 e. The molecular formula is C23H26N2O3S. The van der Waals surface area contributed by atoms with E-state index in [9.17, 15) is 9.59 Å². The molecule has 2 aromatic carbocycles. The number of benzene rings is 2. The Morgan fingerprint density at radius 2 is 1.76 bits per heavy atom. The number of hydrogen-bond acceptors (Lipinski definition) is 5. The number of carbonyl (C=O) groups excluding carboxylic acids is 2. The van der Waals surface area contributed by atoms with Crippen LogP contribution in [0.4, 0.5) is 0 Å². The van der Waals surface area contributed by atoms with E-state index in [1.165, 1.54) is 5.56 Å². The van der Waals surface area contributed by atoms with E-state index < -0.39 is 6.10 Å². The molecule has 1 N–H and O–H groups in total. The van der Waals surface area contributed by atoms with Crippen molar-refractivity contribution >= 4 is 33.4 Å². The highest BCUT2D eigenvalue weighted by atomic mass is 32.1. The summed E-state index contributed by atoms with van der Waals surface area (Å²) in [5.41, 5.74) is 2.18. The summed E-state index contributed by atoms with van der Waals surface area (Å²) < 4.78 is 6.40. The zero-order valence-corrected chi connectivity index (χ0v) is 17.6. The lowest BCUT2D eigenvalue weighted by Gasteiger charge is -2.18. The van der Waals surface area contributed by atoms with E-state index >= 15 is 0 Å². The van der Waals surface area contributed by atoms with E-state index in [0.717, 1.165) is 28.1 Å². The monoisotopic (exact) mass is 410 g/mol.